The van der Waals surface area contributed by atoms with Gasteiger partial charge in [0, 0.05) is 18.7 Å². The molecule has 1 unspecified atom stereocenters. The van der Waals surface area contributed by atoms with E-state index in [2.05, 4.69) is 4.90 Å². The van der Waals surface area contributed by atoms with Gasteiger partial charge >= 0.3 is 5.97 Å². The highest BCUT2D eigenvalue weighted by molar-refractivity contribution is 5.72. The van der Waals surface area contributed by atoms with E-state index in [1.807, 2.05) is 6.07 Å². The molecule has 5 heteroatoms. The Hall–Kier alpha value is -1.93. The van der Waals surface area contributed by atoms with Gasteiger partial charge in [0.2, 0.25) is 0 Å². The lowest BCUT2D eigenvalue weighted by Gasteiger charge is -2.31. The van der Waals surface area contributed by atoms with Crippen molar-refractivity contribution >= 4 is 5.97 Å². The lowest BCUT2D eigenvalue weighted by Crippen LogP contribution is -2.39. The summed E-state index contributed by atoms with van der Waals surface area (Å²) in [5.74, 6) is -0.657. The van der Waals surface area contributed by atoms with E-state index < -0.39 is 0 Å². The first-order valence-corrected chi connectivity index (χ1v) is 7.21. The predicted molar refractivity (Wildman–Crippen MR) is 75.7 cm³/mol. The van der Waals surface area contributed by atoms with E-state index in [1.165, 1.54) is 6.07 Å². The molecule has 0 aliphatic carbocycles. The summed E-state index contributed by atoms with van der Waals surface area (Å²) in [6.07, 6.45) is 1.73. The largest absolute Gasteiger partial charge is 0.466 e. The highest BCUT2D eigenvalue weighted by Crippen LogP contribution is 2.21. The van der Waals surface area contributed by atoms with Gasteiger partial charge in [0.1, 0.15) is 5.82 Å². The van der Waals surface area contributed by atoms with Gasteiger partial charge in [0.25, 0.3) is 0 Å². The lowest BCUT2D eigenvalue weighted by molar-refractivity contribution is -0.150. The van der Waals surface area contributed by atoms with Crippen molar-refractivity contribution in [1.29, 1.82) is 5.26 Å². The summed E-state index contributed by atoms with van der Waals surface area (Å²) in [7, 11) is 0. The number of nitriles is 1. The third-order valence-corrected chi connectivity index (χ3v) is 3.70. The number of likely N-dealkylation sites (tertiary alicyclic amines) is 1. The molecule has 1 aliphatic heterocycles. The number of carbonyl (C=O) groups excluding carboxylic acids is 1. The molecule has 0 bridgehead atoms. The Morgan fingerprint density at radius 2 is 2.38 bits per heavy atom. The van der Waals surface area contributed by atoms with Crippen LogP contribution in [0.25, 0.3) is 0 Å². The normalized spacial score (nSPS) is 19.0. The fourth-order valence-corrected chi connectivity index (χ4v) is 2.64. The first-order valence-electron chi connectivity index (χ1n) is 7.21. The van der Waals surface area contributed by atoms with Crippen LogP contribution in [0.3, 0.4) is 0 Å². The topological polar surface area (TPSA) is 53.3 Å². The SMILES string of the molecule is CCOC(=O)C1CCCN(Cc2ccc(C#N)cc2F)C1. The van der Waals surface area contributed by atoms with Crippen molar-refractivity contribution in [3.63, 3.8) is 0 Å². The average molecular weight is 290 g/mol. The first kappa shape index (κ1) is 15.5. The first-order chi connectivity index (χ1) is 10.1. The van der Waals surface area contributed by atoms with Crippen LogP contribution in [0.5, 0.6) is 0 Å². The molecule has 1 saturated heterocycles. The van der Waals surface area contributed by atoms with E-state index in [0.717, 1.165) is 19.4 Å². The zero-order valence-corrected chi connectivity index (χ0v) is 12.1. The molecular weight excluding hydrogens is 271 g/mol. The molecule has 0 saturated carbocycles. The van der Waals surface area contributed by atoms with Crippen molar-refractivity contribution in [3.8, 4) is 6.07 Å². The minimum Gasteiger partial charge on any atom is -0.466 e. The van der Waals surface area contributed by atoms with Crippen molar-refractivity contribution in [1.82, 2.24) is 4.90 Å². The smallest absolute Gasteiger partial charge is 0.310 e. The number of nitrogens with zero attached hydrogens (tertiary/aromatic N) is 2. The molecule has 1 fully saturated rings. The van der Waals surface area contributed by atoms with Gasteiger partial charge in [0.15, 0.2) is 0 Å². The maximum absolute atomic E-state index is 13.9. The van der Waals surface area contributed by atoms with Crippen molar-refractivity contribution in [2.24, 2.45) is 5.92 Å². The number of hydrogen-bond donors (Lipinski definition) is 0. The van der Waals surface area contributed by atoms with E-state index >= 15 is 0 Å². The third kappa shape index (κ3) is 4.02. The van der Waals surface area contributed by atoms with Crippen molar-refractivity contribution in [2.45, 2.75) is 26.3 Å². The molecule has 0 amide bonds. The number of piperidine rings is 1. The Balaban J connectivity index is 1.99. The number of benzene rings is 1. The van der Waals surface area contributed by atoms with Gasteiger partial charge in [-0.15, -0.1) is 0 Å². The summed E-state index contributed by atoms with van der Waals surface area (Å²) < 4.78 is 19.0. The molecule has 0 spiro atoms. The van der Waals surface area contributed by atoms with Gasteiger partial charge in [-0.25, -0.2) is 4.39 Å². The Bertz CT molecular complexity index is 554. The fraction of sp³-hybridized carbons (Fsp3) is 0.500. The maximum Gasteiger partial charge on any atom is 0.310 e. The quantitative estimate of drug-likeness (QED) is 0.799. The van der Waals surface area contributed by atoms with Gasteiger partial charge in [-0.1, -0.05) is 6.07 Å². The fourth-order valence-electron chi connectivity index (χ4n) is 2.64. The maximum atomic E-state index is 13.9. The van der Waals surface area contributed by atoms with Gasteiger partial charge < -0.3 is 4.74 Å². The minimum absolute atomic E-state index is 0.125. The summed E-state index contributed by atoms with van der Waals surface area (Å²) in [5, 5.41) is 8.74. The molecule has 0 radical (unpaired) electrons. The van der Waals surface area contributed by atoms with Crippen LogP contribution in [0, 0.1) is 23.1 Å². The van der Waals surface area contributed by atoms with Crippen molar-refractivity contribution in [2.75, 3.05) is 19.7 Å². The molecule has 1 aliphatic rings. The molecule has 1 heterocycles. The Morgan fingerprint density at radius 1 is 1.57 bits per heavy atom. The number of hydrogen-bond acceptors (Lipinski definition) is 4. The van der Waals surface area contributed by atoms with E-state index in [-0.39, 0.29) is 17.7 Å². The zero-order valence-electron chi connectivity index (χ0n) is 12.1. The molecule has 0 aromatic heterocycles. The molecular formula is C16H19FN2O2. The summed E-state index contributed by atoms with van der Waals surface area (Å²) in [6.45, 7) is 4.07. The predicted octanol–water partition coefficient (Wildman–Crippen LogP) is 2.47. The number of ether oxygens (including phenoxy) is 1. The minimum atomic E-state index is -0.368. The Kier molecular flexibility index (Phi) is 5.29. The average Bonchev–Trinajstić information content (AvgIpc) is 2.50. The summed E-state index contributed by atoms with van der Waals surface area (Å²) in [4.78, 5) is 13.9. The molecule has 0 N–H and O–H groups in total. The van der Waals surface area contributed by atoms with Gasteiger partial charge in [-0.3, -0.25) is 9.69 Å². The molecule has 1 atom stereocenters. The molecule has 4 nitrogen and oxygen atoms in total. The van der Waals surface area contributed by atoms with Crippen LogP contribution in [0.15, 0.2) is 18.2 Å². The molecule has 2 rings (SSSR count). The van der Waals surface area contributed by atoms with Crippen LogP contribution in [-0.2, 0) is 16.1 Å². The number of esters is 1. The van der Waals surface area contributed by atoms with E-state index in [1.54, 1.807) is 19.1 Å². The highest BCUT2D eigenvalue weighted by Gasteiger charge is 2.27. The summed E-state index contributed by atoms with van der Waals surface area (Å²) in [5.41, 5.74) is 0.873. The number of carbonyl (C=O) groups is 1. The second-order valence-electron chi connectivity index (χ2n) is 5.24. The van der Waals surface area contributed by atoms with Crippen LogP contribution in [0.1, 0.15) is 30.9 Å². The van der Waals surface area contributed by atoms with Crippen LogP contribution in [0.4, 0.5) is 4.39 Å². The lowest BCUT2D eigenvalue weighted by atomic mass is 9.97. The van der Waals surface area contributed by atoms with Gasteiger partial charge in [-0.2, -0.15) is 5.26 Å². The van der Waals surface area contributed by atoms with Crippen molar-refractivity contribution in [3.05, 3.63) is 35.1 Å². The summed E-state index contributed by atoms with van der Waals surface area (Å²) in [6, 6.07) is 6.43. The third-order valence-electron chi connectivity index (χ3n) is 3.70. The van der Waals surface area contributed by atoms with E-state index in [0.29, 0.717) is 30.8 Å². The number of rotatable bonds is 4. The van der Waals surface area contributed by atoms with Crippen LogP contribution < -0.4 is 0 Å². The van der Waals surface area contributed by atoms with E-state index in [4.69, 9.17) is 10.00 Å². The second kappa shape index (κ2) is 7.19. The molecule has 1 aromatic rings. The molecule has 112 valence electrons. The second-order valence-corrected chi connectivity index (χ2v) is 5.24. The van der Waals surface area contributed by atoms with Crippen LogP contribution in [0.2, 0.25) is 0 Å². The van der Waals surface area contributed by atoms with E-state index in [9.17, 15) is 9.18 Å². The Morgan fingerprint density at radius 3 is 3.05 bits per heavy atom. The number of halogens is 1. The van der Waals surface area contributed by atoms with Gasteiger partial charge in [0.05, 0.1) is 24.2 Å². The molecule has 1 aromatic carbocycles. The highest BCUT2D eigenvalue weighted by atomic mass is 19.1. The van der Waals surface area contributed by atoms with Gasteiger partial charge in [-0.05, 0) is 38.4 Å². The standard InChI is InChI=1S/C16H19FN2O2/c1-2-21-16(20)14-4-3-7-19(11-14)10-13-6-5-12(9-18)8-15(13)17/h5-6,8,14H,2-4,7,10-11H2,1H3. The Labute approximate surface area is 124 Å². The van der Waals surface area contributed by atoms with Crippen molar-refractivity contribution < 1.29 is 13.9 Å². The zero-order chi connectivity index (χ0) is 15.2. The molecule has 21 heavy (non-hydrogen) atoms. The summed E-state index contributed by atoms with van der Waals surface area (Å²) >= 11 is 0. The monoisotopic (exact) mass is 290 g/mol. The van der Waals surface area contributed by atoms with Crippen LogP contribution in [-0.4, -0.2) is 30.6 Å². The van der Waals surface area contributed by atoms with Crippen LogP contribution >= 0.6 is 0 Å².